The van der Waals surface area contributed by atoms with E-state index in [0.29, 0.717) is 24.2 Å². The summed E-state index contributed by atoms with van der Waals surface area (Å²) in [6.07, 6.45) is 2.92. The van der Waals surface area contributed by atoms with Gasteiger partial charge in [-0.2, -0.15) is 0 Å². The third kappa shape index (κ3) is 9.46. The Bertz CT molecular complexity index is 2020. The van der Waals surface area contributed by atoms with Crippen LogP contribution in [0, 0.1) is 0 Å². The number of benzene rings is 4. The third-order valence-electron chi connectivity index (χ3n) is 8.64. The molecule has 0 radical (unpaired) electrons. The summed E-state index contributed by atoms with van der Waals surface area (Å²) in [6, 6.07) is 31.5. The molecule has 5 rings (SSSR count). The fourth-order valence-corrected chi connectivity index (χ4v) is 6.96. The van der Waals surface area contributed by atoms with Gasteiger partial charge in [0.1, 0.15) is 30.9 Å². The summed E-state index contributed by atoms with van der Waals surface area (Å²) in [5.74, 6) is 0.111. The largest absolute Gasteiger partial charge is 0.456 e. The molecule has 0 bridgehead atoms. The van der Waals surface area contributed by atoms with Crippen molar-refractivity contribution in [2.45, 2.75) is 98.6 Å². The van der Waals surface area contributed by atoms with Gasteiger partial charge in [0.05, 0.1) is 11.1 Å². The highest BCUT2D eigenvalue weighted by molar-refractivity contribution is 9.10. The number of hydrogen-bond donors (Lipinski definition) is 1. The predicted molar refractivity (Wildman–Crippen MR) is 209 cm³/mol. The maximum atomic E-state index is 13.0. The van der Waals surface area contributed by atoms with Crippen molar-refractivity contribution < 1.29 is 28.7 Å². The molecule has 272 valence electrons. The molecule has 0 amide bonds. The molecule has 0 saturated heterocycles. The van der Waals surface area contributed by atoms with Crippen LogP contribution in [0.25, 0.3) is 22.3 Å². The van der Waals surface area contributed by atoms with Gasteiger partial charge in [0, 0.05) is 22.4 Å². The Morgan fingerprint density at radius 2 is 1.17 bits per heavy atom. The van der Waals surface area contributed by atoms with Crippen LogP contribution in [-0.2, 0) is 35.6 Å². The van der Waals surface area contributed by atoms with Crippen molar-refractivity contribution in [3.05, 3.63) is 135 Å². The maximum absolute atomic E-state index is 13.0. The lowest BCUT2D eigenvalue weighted by Crippen LogP contribution is -2.39. The lowest BCUT2D eigenvalue weighted by molar-refractivity contribution is -0.707. The van der Waals surface area contributed by atoms with Gasteiger partial charge in [-0.3, -0.25) is 0 Å². The Morgan fingerprint density at radius 3 is 1.62 bits per heavy atom. The zero-order valence-electron chi connectivity index (χ0n) is 31.3. The van der Waals surface area contributed by atoms with Gasteiger partial charge < -0.3 is 14.6 Å². The molecule has 1 aromatic heterocycles. The first-order valence-corrected chi connectivity index (χ1v) is 18.7. The van der Waals surface area contributed by atoms with E-state index in [2.05, 4.69) is 56.3 Å². The number of aliphatic hydroxyl groups is 1. The monoisotopic (exact) mass is 765 g/mol. The highest BCUT2D eigenvalue weighted by Gasteiger charge is 2.29. The smallest absolute Gasteiger partial charge is 0.339 e. The second kappa shape index (κ2) is 16.4. The standard InChI is InChI=1S/C44H50BrN2O5/c1-8-9-18-38-40(45)47(28-31-21-25-33(26-22-31)35-15-11-13-17-37(35)42(50)52-44(5,6)7)39(29-48)46(38)27-30-19-23-32(24-20-30)34-14-10-12-16-36(34)41(49)51-43(2,3)4/h10-17,19-26,48H,8-9,18,27-29H2,1-7H3/q+1. The number of unbranched alkanes of at least 4 members (excludes halogenated alkanes) is 1. The van der Waals surface area contributed by atoms with E-state index in [4.69, 9.17) is 9.47 Å². The van der Waals surface area contributed by atoms with E-state index in [9.17, 15) is 14.7 Å². The van der Waals surface area contributed by atoms with Crippen LogP contribution in [0.1, 0.15) is 105 Å². The number of hydrogen-bond acceptors (Lipinski definition) is 5. The highest BCUT2D eigenvalue weighted by Crippen LogP contribution is 2.29. The van der Waals surface area contributed by atoms with Gasteiger partial charge in [0.25, 0.3) is 5.82 Å². The molecule has 52 heavy (non-hydrogen) atoms. The number of aromatic nitrogens is 2. The number of carbonyl (C=O) groups excluding carboxylic acids is 2. The first-order chi connectivity index (χ1) is 24.7. The Balaban J connectivity index is 1.42. The second-order valence-corrected chi connectivity index (χ2v) is 15.8. The number of halogens is 1. The van der Waals surface area contributed by atoms with E-state index >= 15 is 0 Å². The molecule has 0 unspecified atom stereocenters. The van der Waals surface area contributed by atoms with Crippen molar-refractivity contribution in [3.8, 4) is 22.3 Å². The Morgan fingerprint density at radius 1 is 0.712 bits per heavy atom. The van der Waals surface area contributed by atoms with E-state index in [1.807, 2.05) is 102 Å². The van der Waals surface area contributed by atoms with Crippen molar-refractivity contribution in [2.24, 2.45) is 0 Å². The number of aliphatic hydroxyl groups excluding tert-OH is 1. The van der Waals surface area contributed by atoms with Gasteiger partial charge in [-0.15, -0.1) is 0 Å². The van der Waals surface area contributed by atoms with Crippen molar-refractivity contribution >= 4 is 27.9 Å². The number of rotatable bonds is 12. The molecule has 0 atom stereocenters. The highest BCUT2D eigenvalue weighted by atomic mass is 79.9. The first-order valence-electron chi connectivity index (χ1n) is 17.9. The molecule has 1 heterocycles. The summed E-state index contributed by atoms with van der Waals surface area (Å²) in [4.78, 5) is 26.0. The van der Waals surface area contributed by atoms with Crippen molar-refractivity contribution in [1.82, 2.24) is 4.57 Å². The quantitative estimate of drug-likeness (QED) is 0.101. The van der Waals surface area contributed by atoms with Gasteiger partial charge in [0.2, 0.25) is 4.60 Å². The summed E-state index contributed by atoms with van der Waals surface area (Å²) < 4.78 is 16.7. The van der Waals surface area contributed by atoms with Crippen molar-refractivity contribution in [1.29, 1.82) is 0 Å². The van der Waals surface area contributed by atoms with E-state index in [-0.39, 0.29) is 18.5 Å². The first kappa shape index (κ1) is 38.7. The Hall–Kier alpha value is -4.53. The molecule has 0 aliphatic carbocycles. The Kier molecular flexibility index (Phi) is 12.2. The molecule has 0 aliphatic rings. The molecule has 7 nitrogen and oxygen atoms in total. The number of nitrogens with zero attached hydrogens (tertiary/aromatic N) is 2. The van der Waals surface area contributed by atoms with Gasteiger partial charge in [-0.25, -0.2) is 18.7 Å². The SMILES string of the molecule is CCCCc1c(Br)[n+](Cc2ccc(-c3ccccc3C(=O)OC(C)(C)C)cc2)c(CO)n1Cc1ccc(-c2ccccc2C(=O)OC(C)(C)C)cc1. The molecular formula is C44H50BrN2O5+. The number of ether oxygens (including phenoxy) is 2. The number of esters is 2. The van der Waals surface area contributed by atoms with Crippen molar-refractivity contribution in [2.75, 3.05) is 0 Å². The zero-order chi connectivity index (χ0) is 37.6. The molecular weight excluding hydrogens is 716 g/mol. The minimum absolute atomic E-state index is 0.132. The minimum atomic E-state index is -0.589. The van der Waals surface area contributed by atoms with E-state index in [1.54, 1.807) is 12.1 Å². The average molecular weight is 767 g/mol. The molecule has 0 spiro atoms. The number of carbonyl (C=O) groups is 2. The average Bonchev–Trinajstić information content (AvgIpc) is 3.34. The molecule has 5 aromatic rings. The summed E-state index contributed by atoms with van der Waals surface area (Å²) in [7, 11) is 0. The molecule has 0 fully saturated rings. The van der Waals surface area contributed by atoms with Crippen LogP contribution < -0.4 is 4.57 Å². The predicted octanol–water partition coefficient (Wildman–Crippen LogP) is 9.71. The van der Waals surface area contributed by atoms with Crippen LogP contribution >= 0.6 is 15.9 Å². The minimum Gasteiger partial charge on any atom is -0.456 e. The lowest BCUT2D eigenvalue weighted by atomic mass is 9.98. The van der Waals surface area contributed by atoms with E-state index in [0.717, 1.165) is 68.8 Å². The third-order valence-corrected chi connectivity index (χ3v) is 9.52. The summed E-state index contributed by atoms with van der Waals surface area (Å²) in [5, 5.41) is 10.8. The molecule has 0 saturated carbocycles. The fraction of sp³-hybridized carbons (Fsp3) is 0.341. The van der Waals surface area contributed by atoms with Crippen LogP contribution in [0.15, 0.2) is 102 Å². The molecule has 8 heteroatoms. The van der Waals surface area contributed by atoms with Crippen LogP contribution in [-0.4, -0.2) is 32.8 Å². The maximum Gasteiger partial charge on any atom is 0.339 e. The van der Waals surface area contributed by atoms with E-state index < -0.39 is 11.2 Å². The Labute approximate surface area is 316 Å². The van der Waals surface area contributed by atoms with Gasteiger partial charge in [-0.1, -0.05) is 98.3 Å². The molecule has 1 N–H and O–H groups in total. The van der Waals surface area contributed by atoms with Crippen LogP contribution in [0.4, 0.5) is 0 Å². The fourth-order valence-electron chi connectivity index (χ4n) is 6.22. The van der Waals surface area contributed by atoms with Gasteiger partial charge >= 0.3 is 11.9 Å². The van der Waals surface area contributed by atoms with Crippen LogP contribution in [0.5, 0.6) is 0 Å². The van der Waals surface area contributed by atoms with Crippen LogP contribution in [0.2, 0.25) is 0 Å². The van der Waals surface area contributed by atoms with Crippen LogP contribution in [0.3, 0.4) is 0 Å². The van der Waals surface area contributed by atoms with Crippen molar-refractivity contribution in [3.63, 3.8) is 0 Å². The van der Waals surface area contributed by atoms with E-state index in [1.165, 1.54) is 0 Å². The zero-order valence-corrected chi connectivity index (χ0v) is 32.9. The lowest BCUT2D eigenvalue weighted by Gasteiger charge is -2.20. The summed E-state index contributed by atoms with van der Waals surface area (Å²) >= 11 is 3.92. The second-order valence-electron chi connectivity index (χ2n) is 15.1. The summed E-state index contributed by atoms with van der Waals surface area (Å²) in [5.41, 5.74) is 6.66. The molecule has 4 aromatic carbocycles. The van der Waals surface area contributed by atoms with Gasteiger partial charge in [-0.05, 0) is 93.5 Å². The normalized spacial score (nSPS) is 11.8. The topological polar surface area (TPSA) is 81.6 Å². The summed E-state index contributed by atoms with van der Waals surface area (Å²) in [6.45, 7) is 14.4. The molecule has 0 aliphatic heterocycles. The van der Waals surface area contributed by atoms with Gasteiger partial charge in [0.15, 0.2) is 5.69 Å². The number of imidazole rings is 1.